The van der Waals surface area contributed by atoms with Crippen LogP contribution in [-0.2, 0) is 0 Å². The van der Waals surface area contributed by atoms with Gasteiger partial charge in [0.05, 0.1) is 16.3 Å². The maximum absolute atomic E-state index is 6.12. The Morgan fingerprint density at radius 3 is 3.00 bits per heavy atom. The molecule has 0 aliphatic carbocycles. The third kappa shape index (κ3) is 4.57. The fraction of sp³-hybridized carbons (Fsp3) is 0.421. The van der Waals surface area contributed by atoms with Crippen LogP contribution in [0.5, 0.6) is 0 Å². The van der Waals surface area contributed by atoms with Gasteiger partial charge in [0, 0.05) is 29.8 Å². The summed E-state index contributed by atoms with van der Waals surface area (Å²) in [5.74, 6) is 1.71. The molecule has 0 saturated heterocycles. The van der Waals surface area contributed by atoms with Crippen molar-refractivity contribution in [3.8, 4) is 0 Å². The minimum absolute atomic E-state index is 0.590. The lowest BCUT2D eigenvalue weighted by molar-refractivity contribution is 0.505. The molecule has 1 aromatic heterocycles. The predicted molar refractivity (Wildman–Crippen MR) is 112 cm³/mol. The van der Waals surface area contributed by atoms with E-state index in [9.17, 15) is 0 Å². The van der Waals surface area contributed by atoms with Crippen molar-refractivity contribution >= 4 is 40.3 Å². The fourth-order valence-corrected chi connectivity index (χ4v) is 4.76. The maximum atomic E-state index is 6.12. The van der Waals surface area contributed by atoms with Crippen molar-refractivity contribution in [1.82, 2.24) is 5.32 Å². The SMILES string of the molecule is CCC(CCN1CCSc2cc(N=C(N)c3cccs3)ccc21)NC. The minimum Gasteiger partial charge on any atom is -0.383 e. The minimum atomic E-state index is 0.590. The Labute approximate surface area is 158 Å². The molecule has 1 unspecified atom stereocenters. The summed E-state index contributed by atoms with van der Waals surface area (Å²) in [6.45, 7) is 4.44. The molecule has 1 aliphatic rings. The van der Waals surface area contributed by atoms with Gasteiger partial charge in [-0.3, -0.25) is 0 Å². The van der Waals surface area contributed by atoms with E-state index >= 15 is 0 Å². The lowest BCUT2D eigenvalue weighted by Crippen LogP contribution is -2.35. The Hall–Kier alpha value is -1.50. The standard InChI is InChI=1S/C19H26N4S2/c1-3-14(21-2)8-9-23-10-12-25-18-13-15(6-7-16(18)23)22-19(20)17-5-4-11-24-17/h4-7,11,13-14,21H,3,8-10,12H2,1-2H3,(H2,20,22). The summed E-state index contributed by atoms with van der Waals surface area (Å²) in [4.78, 5) is 9.43. The van der Waals surface area contributed by atoms with Gasteiger partial charge in [0.15, 0.2) is 0 Å². The second-order valence-corrected chi connectivity index (χ2v) is 8.23. The topological polar surface area (TPSA) is 53.6 Å². The van der Waals surface area contributed by atoms with E-state index in [1.807, 2.05) is 29.3 Å². The van der Waals surface area contributed by atoms with Crippen molar-refractivity contribution in [3.05, 3.63) is 40.6 Å². The van der Waals surface area contributed by atoms with Crippen LogP contribution in [0, 0.1) is 0 Å². The van der Waals surface area contributed by atoms with Crippen LogP contribution in [0.15, 0.2) is 45.6 Å². The lowest BCUT2D eigenvalue weighted by Gasteiger charge is -2.32. The number of rotatable bonds is 7. The molecule has 0 bridgehead atoms. The summed E-state index contributed by atoms with van der Waals surface area (Å²) in [5.41, 5.74) is 8.38. The summed E-state index contributed by atoms with van der Waals surface area (Å²) in [7, 11) is 2.05. The molecule has 0 spiro atoms. The molecule has 0 radical (unpaired) electrons. The van der Waals surface area contributed by atoms with E-state index in [1.165, 1.54) is 23.4 Å². The summed E-state index contributed by atoms with van der Waals surface area (Å²) in [6.07, 6.45) is 2.34. The first kappa shape index (κ1) is 18.3. The Kier molecular flexibility index (Phi) is 6.39. The highest BCUT2D eigenvalue weighted by Crippen LogP contribution is 2.37. The van der Waals surface area contributed by atoms with Crippen LogP contribution in [-0.4, -0.2) is 37.8 Å². The normalized spacial score (nSPS) is 15.9. The largest absolute Gasteiger partial charge is 0.383 e. The number of nitrogens with zero attached hydrogens (tertiary/aromatic N) is 2. The van der Waals surface area contributed by atoms with Gasteiger partial charge in [0.1, 0.15) is 5.84 Å². The molecule has 25 heavy (non-hydrogen) atoms. The fourth-order valence-electron chi connectivity index (χ4n) is 3.05. The average molecular weight is 375 g/mol. The van der Waals surface area contributed by atoms with Gasteiger partial charge in [-0.1, -0.05) is 13.0 Å². The Balaban J connectivity index is 1.75. The summed E-state index contributed by atoms with van der Waals surface area (Å²) < 4.78 is 0. The zero-order chi connectivity index (χ0) is 17.6. The van der Waals surface area contributed by atoms with Crippen LogP contribution in [0.3, 0.4) is 0 Å². The van der Waals surface area contributed by atoms with Crippen molar-refractivity contribution in [2.24, 2.45) is 10.7 Å². The number of anilines is 1. The van der Waals surface area contributed by atoms with E-state index in [0.717, 1.165) is 29.4 Å². The Morgan fingerprint density at radius 2 is 2.28 bits per heavy atom. The molecule has 4 nitrogen and oxygen atoms in total. The van der Waals surface area contributed by atoms with E-state index in [4.69, 9.17) is 5.73 Å². The first-order valence-corrected chi connectivity index (χ1v) is 10.6. The molecular weight excluding hydrogens is 348 g/mol. The van der Waals surface area contributed by atoms with Crippen LogP contribution in [0.4, 0.5) is 11.4 Å². The number of nitrogens with two attached hydrogens (primary N) is 1. The second kappa shape index (κ2) is 8.74. The van der Waals surface area contributed by atoms with Crippen molar-refractivity contribution in [1.29, 1.82) is 0 Å². The summed E-state index contributed by atoms with van der Waals surface area (Å²) >= 11 is 3.53. The van der Waals surface area contributed by atoms with E-state index in [0.29, 0.717) is 11.9 Å². The van der Waals surface area contributed by atoms with Crippen LogP contribution < -0.4 is 16.0 Å². The third-order valence-corrected chi connectivity index (χ3v) is 6.49. The van der Waals surface area contributed by atoms with Crippen LogP contribution in [0.2, 0.25) is 0 Å². The number of fused-ring (bicyclic) bond motifs is 1. The molecule has 1 aliphatic heterocycles. The Morgan fingerprint density at radius 1 is 1.40 bits per heavy atom. The van der Waals surface area contributed by atoms with Crippen LogP contribution in [0.1, 0.15) is 24.6 Å². The zero-order valence-corrected chi connectivity index (χ0v) is 16.5. The van der Waals surface area contributed by atoms with E-state index in [1.54, 1.807) is 11.3 Å². The first-order chi connectivity index (χ1) is 12.2. The molecule has 0 fully saturated rings. The van der Waals surface area contributed by atoms with Crippen molar-refractivity contribution in [3.63, 3.8) is 0 Å². The number of nitrogens with one attached hydrogen (secondary N) is 1. The number of thiophene rings is 1. The Bertz CT molecular complexity index is 708. The molecule has 3 rings (SSSR count). The van der Waals surface area contributed by atoms with Crippen molar-refractivity contribution in [2.75, 3.05) is 30.8 Å². The molecule has 1 atom stereocenters. The average Bonchev–Trinajstić information content (AvgIpc) is 3.17. The molecule has 0 saturated carbocycles. The maximum Gasteiger partial charge on any atom is 0.141 e. The second-order valence-electron chi connectivity index (χ2n) is 6.14. The lowest BCUT2D eigenvalue weighted by atomic mass is 10.1. The summed E-state index contributed by atoms with van der Waals surface area (Å²) in [5, 5.41) is 5.42. The number of hydrogen-bond donors (Lipinski definition) is 2. The molecule has 3 N–H and O–H groups in total. The molecule has 1 aromatic carbocycles. The molecule has 2 heterocycles. The molecular formula is C19H26N4S2. The highest BCUT2D eigenvalue weighted by Gasteiger charge is 2.18. The molecule has 0 amide bonds. The van der Waals surface area contributed by atoms with Crippen LogP contribution in [0.25, 0.3) is 0 Å². The molecule has 2 aromatic rings. The summed E-state index contributed by atoms with van der Waals surface area (Å²) in [6, 6.07) is 11.0. The van der Waals surface area contributed by atoms with Gasteiger partial charge < -0.3 is 16.0 Å². The zero-order valence-electron chi connectivity index (χ0n) is 14.9. The third-order valence-electron chi connectivity index (χ3n) is 4.57. The van der Waals surface area contributed by atoms with Gasteiger partial charge in [0.2, 0.25) is 0 Å². The number of amidine groups is 1. The number of benzene rings is 1. The predicted octanol–water partition coefficient (Wildman–Crippen LogP) is 4.09. The highest BCUT2D eigenvalue weighted by atomic mass is 32.2. The van der Waals surface area contributed by atoms with E-state index < -0.39 is 0 Å². The number of hydrogen-bond acceptors (Lipinski definition) is 5. The van der Waals surface area contributed by atoms with E-state index in [2.05, 4.69) is 47.4 Å². The van der Waals surface area contributed by atoms with Gasteiger partial charge in [-0.25, -0.2) is 4.99 Å². The van der Waals surface area contributed by atoms with Crippen LogP contribution >= 0.6 is 23.1 Å². The highest BCUT2D eigenvalue weighted by molar-refractivity contribution is 7.99. The van der Waals surface area contributed by atoms with Gasteiger partial charge >= 0.3 is 0 Å². The van der Waals surface area contributed by atoms with Gasteiger partial charge in [-0.2, -0.15) is 0 Å². The van der Waals surface area contributed by atoms with Gasteiger partial charge in [-0.05, 0) is 49.5 Å². The first-order valence-electron chi connectivity index (χ1n) is 8.78. The van der Waals surface area contributed by atoms with Gasteiger partial charge in [0.25, 0.3) is 0 Å². The van der Waals surface area contributed by atoms with Crippen molar-refractivity contribution < 1.29 is 0 Å². The van der Waals surface area contributed by atoms with E-state index in [-0.39, 0.29) is 0 Å². The monoisotopic (exact) mass is 374 g/mol. The molecule has 6 heteroatoms. The quantitative estimate of drug-likeness (QED) is 0.566. The number of aliphatic imine (C=N–C) groups is 1. The smallest absolute Gasteiger partial charge is 0.141 e. The van der Waals surface area contributed by atoms with Gasteiger partial charge in [-0.15, -0.1) is 23.1 Å². The van der Waals surface area contributed by atoms with Crippen molar-refractivity contribution in [2.45, 2.75) is 30.7 Å². The number of thioether (sulfide) groups is 1. The molecule has 134 valence electrons.